The van der Waals surface area contributed by atoms with Gasteiger partial charge in [-0.1, -0.05) is 90.9 Å². The van der Waals surface area contributed by atoms with Crippen LogP contribution in [-0.4, -0.2) is 22.2 Å². The first-order valence-corrected chi connectivity index (χ1v) is 12.4. The standard InChI is InChI=1S/C25H46O4/c1-3-4-5-6-7-8-9-10-11-13-16-22(21(2)24(28)29)25(19-20-25)18-15-12-14-17-23(26)27/h21-22H,3-20H2,1-2H3,(H,26,27)(H,28,29). The molecule has 1 aliphatic carbocycles. The molecule has 1 saturated carbocycles. The van der Waals surface area contributed by atoms with Gasteiger partial charge in [0.25, 0.3) is 0 Å². The summed E-state index contributed by atoms with van der Waals surface area (Å²) >= 11 is 0. The summed E-state index contributed by atoms with van der Waals surface area (Å²) in [5, 5.41) is 18.4. The molecule has 0 bridgehead atoms. The lowest BCUT2D eigenvalue weighted by atomic mass is 9.74. The van der Waals surface area contributed by atoms with Gasteiger partial charge in [-0.3, -0.25) is 9.59 Å². The number of carbonyl (C=O) groups is 2. The number of carboxylic acids is 2. The second-order valence-electron chi connectivity index (χ2n) is 9.52. The summed E-state index contributed by atoms with van der Waals surface area (Å²) in [7, 11) is 0. The van der Waals surface area contributed by atoms with Crippen molar-refractivity contribution in [3.63, 3.8) is 0 Å². The molecule has 0 aromatic rings. The molecule has 4 heteroatoms. The van der Waals surface area contributed by atoms with Crippen LogP contribution < -0.4 is 0 Å². The highest BCUT2D eigenvalue weighted by molar-refractivity contribution is 5.70. The van der Waals surface area contributed by atoms with Gasteiger partial charge in [0.05, 0.1) is 5.92 Å². The summed E-state index contributed by atoms with van der Waals surface area (Å²) in [6.07, 6.45) is 20.5. The van der Waals surface area contributed by atoms with E-state index in [-0.39, 0.29) is 23.7 Å². The highest BCUT2D eigenvalue weighted by atomic mass is 16.4. The van der Waals surface area contributed by atoms with E-state index in [1.54, 1.807) is 0 Å². The van der Waals surface area contributed by atoms with E-state index >= 15 is 0 Å². The molecule has 2 N–H and O–H groups in total. The third-order valence-corrected chi connectivity index (χ3v) is 7.11. The van der Waals surface area contributed by atoms with Crippen LogP contribution in [0.4, 0.5) is 0 Å². The number of hydrogen-bond acceptors (Lipinski definition) is 2. The fraction of sp³-hybridized carbons (Fsp3) is 0.920. The smallest absolute Gasteiger partial charge is 0.306 e. The molecular weight excluding hydrogens is 364 g/mol. The van der Waals surface area contributed by atoms with Gasteiger partial charge in [-0.2, -0.15) is 0 Å². The number of hydrogen-bond donors (Lipinski definition) is 2. The molecule has 1 aliphatic rings. The summed E-state index contributed by atoms with van der Waals surface area (Å²) in [5.41, 5.74) is 0.223. The molecule has 4 nitrogen and oxygen atoms in total. The van der Waals surface area contributed by atoms with Gasteiger partial charge in [-0.15, -0.1) is 0 Å². The van der Waals surface area contributed by atoms with Gasteiger partial charge in [0.2, 0.25) is 0 Å². The molecule has 29 heavy (non-hydrogen) atoms. The third kappa shape index (κ3) is 11.1. The van der Waals surface area contributed by atoms with Crippen molar-refractivity contribution in [2.24, 2.45) is 17.3 Å². The maximum Gasteiger partial charge on any atom is 0.306 e. The zero-order chi connectivity index (χ0) is 21.5. The fourth-order valence-corrected chi connectivity index (χ4v) is 5.01. The average molecular weight is 411 g/mol. The van der Waals surface area contributed by atoms with Crippen LogP contribution in [0.1, 0.15) is 129 Å². The minimum atomic E-state index is -0.718. The first-order valence-electron chi connectivity index (χ1n) is 12.4. The van der Waals surface area contributed by atoms with Crippen molar-refractivity contribution in [1.29, 1.82) is 0 Å². The van der Waals surface area contributed by atoms with E-state index in [1.807, 2.05) is 6.92 Å². The maximum absolute atomic E-state index is 11.7. The Kier molecular flexibility index (Phi) is 13.3. The Balaban J connectivity index is 2.28. The molecule has 0 saturated heterocycles. The quantitative estimate of drug-likeness (QED) is 0.204. The lowest BCUT2D eigenvalue weighted by molar-refractivity contribution is -0.144. The van der Waals surface area contributed by atoms with Gasteiger partial charge in [-0.05, 0) is 43.4 Å². The molecule has 0 radical (unpaired) electrons. The molecule has 0 spiro atoms. The van der Waals surface area contributed by atoms with Gasteiger partial charge < -0.3 is 10.2 Å². The molecule has 2 atom stereocenters. The third-order valence-electron chi connectivity index (χ3n) is 7.11. The van der Waals surface area contributed by atoms with Crippen LogP contribution in [0.3, 0.4) is 0 Å². The fourth-order valence-electron chi connectivity index (χ4n) is 5.01. The van der Waals surface area contributed by atoms with Crippen molar-refractivity contribution in [3.05, 3.63) is 0 Å². The van der Waals surface area contributed by atoms with E-state index in [0.717, 1.165) is 51.4 Å². The largest absolute Gasteiger partial charge is 0.481 e. The Bertz CT molecular complexity index is 456. The topological polar surface area (TPSA) is 74.6 Å². The Morgan fingerprint density at radius 3 is 1.79 bits per heavy atom. The molecule has 0 aromatic heterocycles. The molecule has 1 fully saturated rings. The zero-order valence-electron chi connectivity index (χ0n) is 19.1. The minimum Gasteiger partial charge on any atom is -0.481 e. The molecule has 1 rings (SSSR count). The number of carboxylic acid groups (broad SMARTS) is 2. The SMILES string of the molecule is CCCCCCCCCCCCC(C(C)C(=O)O)C1(CCCCCC(=O)O)CC1. The van der Waals surface area contributed by atoms with Crippen molar-refractivity contribution < 1.29 is 19.8 Å². The summed E-state index contributed by atoms with van der Waals surface area (Å²) in [5.74, 6) is -1.35. The molecule has 0 heterocycles. The summed E-state index contributed by atoms with van der Waals surface area (Å²) < 4.78 is 0. The highest BCUT2D eigenvalue weighted by Gasteiger charge is 2.50. The van der Waals surface area contributed by atoms with Crippen LogP contribution in [0.15, 0.2) is 0 Å². The molecular formula is C25H46O4. The van der Waals surface area contributed by atoms with E-state index in [1.165, 1.54) is 57.8 Å². The average Bonchev–Trinajstić information content (AvgIpc) is 3.45. The van der Waals surface area contributed by atoms with Crippen molar-refractivity contribution in [2.75, 3.05) is 0 Å². The zero-order valence-corrected chi connectivity index (χ0v) is 19.1. The number of aliphatic carboxylic acids is 2. The molecule has 2 unspecified atom stereocenters. The Labute approximate surface area is 178 Å². The first-order chi connectivity index (χ1) is 13.9. The monoisotopic (exact) mass is 410 g/mol. The van der Waals surface area contributed by atoms with Crippen LogP contribution in [0.25, 0.3) is 0 Å². The molecule has 170 valence electrons. The van der Waals surface area contributed by atoms with Crippen LogP contribution in [-0.2, 0) is 9.59 Å². The van der Waals surface area contributed by atoms with Crippen molar-refractivity contribution in [1.82, 2.24) is 0 Å². The Hall–Kier alpha value is -1.06. The summed E-state index contributed by atoms with van der Waals surface area (Å²) in [4.78, 5) is 22.3. The molecule has 0 aliphatic heterocycles. The second kappa shape index (κ2) is 14.8. The minimum absolute atomic E-state index is 0.223. The van der Waals surface area contributed by atoms with E-state index in [9.17, 15) is 14.7 Å². The van der Waals surface area contributed by atoms with E-state index < -0.39 is 11.9 Å². The number of rotatable bonds is 20. The lowest BCUT2D eigenvalue weighted by Gasteiger charge is -2.30. The van der Waals surface area contributed by atoms with Gasteiger partial charge in [0.1, 0.15) is 0 Å². The lowest BCUT2D eigenvalue weighted by Crippen LogP contribution is -2.29. The number of unbranched alkanes of at least 4 members (excludes halogenated alkanes) is 11. The first kappa shape index (κ1) is 26.0. The van der Waals surface area contributed by atoms with Crippen LogP contribution in [0, 0.1) is 17.3 Å². The molecule has 0 aromatic carbocycles. The van der Waals surface area contributed by atoms with Gasteiger partial charge in [-0.25, -0.2) is 0 Å². The van der Waals surface area contributed by atoms with Crippen LogP contribution in [0.5, 0.6) is 0 Å². The van der Waals surface area contributed by atoms with Crippen LogP contribution in [0.2, 0.25) is 0 Å². The van der Waals surface area contributed by atoms with E-state index in [4.69, 9.17) is 5.11 Å². The van der Waals surface area contributed by atoms with Gasteiger partial charge in [0, 0.05) is 6.42 Å². The summed E-state index contributed by atoms with van der Waals surface area (Å²) in [6, 6.07) is 0. The van der Waals surface area contributed by atoms with Crippen molar-refractivity contribution >= 4 is 11.9 Å². The van der Waals surface area contributed by atoms with Gasteiger partial charge in [0.15, 0.2) is 0 Å². The predicted octanol–water partition coefficient (Wildman–Crippen LogP) is 7.45. The summed E-state index contributed by atoms with van der Waals surface area (Å²) in [6.45, 7) is 4.15. The van der Waals surface area contributed by atoms with Gasteiger partial charge >= 0.3 is 11.9 Å². The van der Waals surface area contributed by atoms with Crippen molar-refractivity contribution in [3.8, 4) is 0 Å². The van der Waals surface area contributed by atoms with E-state index in [0.29, 0.717) is 0 Å². The van der Waals surface area contributed by atoms with E-state index in [2.05, 4.69) is 6.92 Å². The normalized spacial score (nSPS) is 17.0. The Morgan fingerprint density at radius 2 is 1.31 bits per heavy atom. The molecule has 0 amide bonds. The van der Waals surface area contributed by atoms with Crippen LogP contribution >= 0.6 is 0 Å². The highest BCUT2D eigenvalue weighted by Crippen LogP contribution is 2.59. The second-order valence-corrected chi connectivity index (χ2v) is 9.52. The Morgan fingerprint density at radius 1 is 0.793 bits per heavy atom. The van der Waals surface area contributed by atoms with Crippen molar-refractivity contribution in [2.45, 2.75) is 129 Å². The maximum atomic E-state index is 11.7. The predicted molar refractivity (Wildman–Crippen MR) is 119 cm³/mol.